The number of nitrogens with zero attached hydrogens (tertiary/aromatic N) is 1. The van der Waals surface area contributed by atoms with Gasteiger partial charge in [0.05, 0.1) is 12.3 Å². The minimum Gasteiger partial charge on any atom is -0.328 e. The van der Waals surface area contributed by atoms with Crippen molar-refractivity contribution in [3.05, 3.63) is 0 Å². The Labute approximate surface area is 61.3 Å². The maximum Gasteiger partial charge on any atom is 0.0708 e. The van der Waals surface area contributed by atoms with Gasteiger partial charge in [-0.15, -0.1) is 0 Å². The van der Waals surface area contributed by atoms with Crippen molar-refractivity contribution >= 4 is 0 Å². The Morgan fingerprint density at radius 2 is 1.40 bits per heavy atom. The van der Waals surface area contributed by atoms with E-state index in [9.17, 15) is 0 Å². The van der Waals surface area contributed by atoms with Crippen LogP contribution in [-0.2, 0) is 0 Å². The number of hydrogen-bond acceptors (Lipinski definition) is 5. The van der Waals surface area contributed by atoms with E-state index in [4.69, 9.17) is 22.9 Å². The fraction of sp³-hybridized carbons (Fsp3) is 1.00. The second-order valence-corrected chi connectivity index (χ2v) is 2.27. The summed E-state index contributed by atoms with van der Waals surface area (Å²) in [6.45, 7) is 0.786. The molecule has 2 atom stereocenters. The highest BCUT2D eigenvalue weighted by atomic mass is 15.3. The number of hydrogen-bond donors (Lipinski definition) is 4. The third-order valence-corrected chi connectivity index (χ3v) is 1.53. The normalized spacial score (nSPS) is 17.4. The van der Waals surface area contributed by atoms with Gasteiger partial charge in [-0.3, -0.25) is 4.90 Å². The third kappa shape index (κ3) is 2.59. The van der Waals surface area contributed by atoms with Crippen LogP contribution in [0, 0.1) is 0 Å². The number of likely N-dealkylation sites (N-methyl/N-ethyl adjacent to an activating group) is 1. The van der Waals surface area contributed by atoms with Gasteiger partial charge in [-0.05, 0) is 7.05 Å². The Hall–Kier alpha value is -0.200. The lowest BCUT2D eigenvalue weighted by Crippen LogP contribution is -2.55. The molecule has 8 N–H and O–H groups in total. The number of nitrogens with two attached hydrogens (primary N) is 4. The van der Waals surface area contributed by atoms with Crippen LogP contribution in [0.25, 0.3) is 0 Å². The summed E-state index contributed by atoms with van der Waals surface area (Å²) in [5, 5.41) is 0. The van der Waals surface area contributed by atoms with E-state index in [-0.39, 0.29) is 12.3 Å². The lowest BCUT2D eigenvalue weighted by atomic mass is 10.4. The molecule has 0 saturated heterocycles. The van der Waals surface area contributed by atoms with Crippen LogP contribution in [0.4, 0.5) is 0 Å². The van der Waals surface area contributed by atoms with E-state index >= 15 is 0 Å². The zero-order valence-electron chi connectivity index (χ0n) is 6.33. The molecular weight excluding hydrogens is 130 g/mol. The average Bonchev–Trinajstić information content (AvgIpc) is 2.00. The summed E-state index contributed by atoms with van der Waals surface area (Å²) < 4.78 is 0. The molecule has 5 heteroatoms. The maximum atomic E-state index is 5.56. The van der Waals surface area contributed by atoms with Crippen LogP contribution in [0.1, 0.15) is 0 Å². The first-order chi connectivity index (χ1) is 4.63. The zero-order valence-corrected chi connectivity index (χ0v) is 6.33. The summed E-state index contributed by atoms with van der Waals surface area (Å²) in [7, 11) is 1.80. The molecule has 2 unspecified atom stereocenters. The van der Waals surface area contributed by atoms with E-state index in [2.05, 4.69) is 0 Å². The summed E-state index contributed by atoms with van der Waals surface area (Å²) in [4.78, 5) is 1.75. The van der Waals surface area contributed by atoms with Crippen LogP contribution in [0.3, 0.4) is 0 Å². The molecule has 0 saturated carbocycles. The lowest BCUT2D eigenvalue weighted by Gasteiger charge is -2.28. The van der Waals surface area contributed by atoms with E-state index < -0.39 is 0 Å². The largest absolute Gasteiger partial charge is 0.328 e. The van der Waals surface area contributed by atoms with Gasteiger partial charge in [0.25, 0.3) is 0 Å². The molecule has 0 spiro atoms. The van der Waals surface area contributed by atoms with Gasteiger partial charge in [-0.25, -0.2) is 0 Å². The maximum absolute atomic E-state index is 5.56. The van der Waals surface area contributed by atoms with Crippen molar-refractivity contribution in [2.75, 3.05) is 20.1 Å². The fourth-order valence-electron chi connectivity index (χ4n) is 0.578. The second kappa shape index (κ2) is 4.59. The smallest absolute Gasteiger partial charge is 0.0708 e. The molecule has 0 aromatic rings. The Morgan fingerprint density at radius 3 is 1.60 bits per heavy atom. The molecular formula is C5H17N5. The molecule has 0 aromatic heterocycles. The van der Waals surface area contributed by atoms with Crippen LogP contribution in [-0.4, -0.2) is 37.4 Å². The van der Waals surface area contributed by atoms with Gasteiger partial charge < -0.3 is 22.9 Å². The van der Waals surface area contributed by atoms with E-state index in [1.807, 2.05) is 0 Å². The Kier molecular flexibility index (Phi) is 4.50. The van der Waals surface area contributed by atoms with Gasteiger partial charge in [0.15, 0.2) is 0 Å². The van der Waals surface area contributed by atoms with Gasteiger partial charge >= 0.3 is 0 Å². The van der Waals surface area contributed by atoms with E-state index in [0.29, 0.717) is 13.1 Å². The van der Waals surface area contributed by atoms with Crippen molar-refractivity contribution in [1.82, 2.24) is 4.90 Å². The molecule has 0 aromatic carbocycles. The second-order valence-electron chi connectivity index (χ2n) is 2.27. The van der Waals surface area contributed by atoms with Crippen LogP contribution < -0.4 is 22.9 Å². The topological polar surface area (TPSA) is 107 Å². The van der Waals surface area contributed by atoms with Crippen molar-refractivity contribution in [1.29, 1.82) is 0 Å². The molecule has 0 fully saturated rings. The highest BCUT2D eigenvalue weighted by molar-refractivity contribution is 4.68. The molecule has 5 nitrogen and oxygen atoms in total. The summed E-state index contributed by atoms with van der Waals surface area (Å²) in [5.41, 5.74) is 21.7. The van der Waals surface area contributed by atoms with Crippen molar-refractivity contribution in [2.24, 2.45) is 22.9 Å². The summed E-state index contributed by atoms with van der Waals surface area (Å²) >= 11 is 0. The third-order valence-electron chi connectivity index (χ3n) is 1.53. The first kappa shape index (κ1) is 9.80. The zero-order chi connectivity index (χ0) is 8.15. The predicted octanol–water partition coefficient (Wildman–Crippen LogP) is -2.59. The monoisotopic (exact) mass is 147 g/mol. The summed E-state index contributed by atoms with van der Waals surface area (Å²) in [5.74, 6) is 0. The Bertz CT molecular complexity index is 76.1. The SMILES string of the molecule is CN(C(N)CN)C(N)CN. The molecule has 10 heavy (non-hydrogen) atoms. The van der Waals surface area contributed by atoms with Crippen LogP contribution in [0.15, 0.2) is 0 Å². The first-order valence-corrected chi connectivity index (χ1v) is 3.26. The minimum absolute atomic E-state index is 0.196. The first-order valence-electron chi connectivity index (χ1n) is 3.26. The van der Waals surface area contributed by atoms with E-state index in [1.54, 1.807) is 11.9 Å². The predicted molar refractivity (Wildman–Crippen MR) is 41.8 cm³/mol. The van der Waals surface area contributed by atoms with Crippen molar-refractivity contribution in [2.45, 2.75) is 12.3 Å². The van der Waals surface area contributed by atoms with Crippen LogP contribution in [0.2, 0.25) is 0 Å². The quantitative estimate of drug-likeness (QED) is 0.326. The van der Waals surface area contributed by atoms with Gasteiger partial charge in [0.1, 0.15) is 0 Å². The van der Waals surface area contributed by atoms with E-state index in [1.165, 1.54) is 0 Å². The van der Waals surface area contributed by atoms with Crippen molar-refractivity contribution < 1.29 is 0 Å². The van der Waals surface area contributed by atoms with Crippen molar-refractivity contribution in [3.63, 3.8) is 0 Å². The lowest BCUT2D eigenvalue weighted by molar-refractivity contribution is 0.187. The molecule has 0 radical (unpaired) electrons. The van der Waals surface area contributed by atoms with Gasteiger partial charge in [0, 0.05) is 13.1 Å². The molecule has 0 aliphatic heterocycles. The molecule has 0 heterocycles. The summed E-state index contributed by atoms with van der Waals surface area (Å²) in [6.07, 6.45) is -0.392. The Morgan fingerprint density at radius 1 is 1.10 bits per heavy atom. The Balaban J connectivity index is 3.69. The fourth-order valence-corrected chi connectivity index (χ4v) is 0.578. The van der Waals surface area contributed by atoms with Crippen LogP contribution >= 0.6 is 0 Å². The average molecular weight is 147 g/mol. The van der Waals surface area contributed by atoms with E-state index in [0.717, 1.165) is 0 Å². The summed E-state index contributed by atoms with van der Waals surface area (Å²) in [6, 6.07) is 0. The standard InChI is InChI=1S/C5H17N5/c1-10(4(8)2-6)5(9)3-7/h4-5H,2-3,6-9H2,1H3. The molecule has 0 bridgehead atoms. The minimum atomic E-state index is -0.196. The highest BCUT2D eigenvalue weighted by Crippen LogP contribution is 1.88. The van der Waals surface area contributed by atoms with Gasteiger partial charge in [0.2, 0.25) is 0 Å². The van der Waals surface area contributed by atoms with Gasteiger partial charge in [-0.1, -0.05) is 0 Å². The van der Waals surface area contributed by atoms with Gasteiger partial charge in [-0.2, -0.15) is 0 Å². The molecule has 62 valence electrons. The molecule has 0 rings (SSSR count). The van der Waals surface area contributed by atoms with Crippen LogP contribution in [0.5, 0.6) is 0 Å². The molecule has 0 amide bonds. The van der Waals surface area contributed by atoms with Crippen molar-refractivity contribution in [3.8, 4) is 0 Å². The molecule has 0 aliphatic carbocycles. The highest BCUT2D eigenvalue weighted by Gasteiger charge is 2.12. The molecule has 0 aliphatic rings. The number of rotatable bonds is 4.